The maximum absolute atomic E-state index is 11.7. The summed E-state index contributed by atoms with van der Waals surface area (Å²) in [5.74, 6) is -0.239. The van der Waals surface area contributed by atoms with Gasteiger partial charge in [0.25, 0.3) is 0 Å². The molecule has 0 aliphatic heterocycles. The van der Waals surface area contributed by atoms with E-state index in [4.69, 9.17) is 16.1 Å². The molecule has 1 aliphatic rings. The second kappa shape index (κ2) is 6.78. The molecule has 0 saturated heterocycles. The molecule has 19 heavy (non-hydrogen) atoms. The Kier molecular flexibility index (Phi) is 5.63. The zero-order valence-corrected chi connectivity index (χ0v) is 11.7. The van der Waals surface area contributed by atoms with Crippen molar-refractivity contribution in [1.82, 2.24) is 5.32 Å². The zero-order valence-electron chi connectivity index (χ0n) is 10.9. The molecule has 7 heteroatoms. The smallest absolute Gasteiger partial charge is 0.320 e. The van der Waals surface area contributed by atoms with Gasteiger partial charge >= 0.3 is 5.97 Å². The number of carboxylic acids is 1. The molecule has 0 aromatic rings. The Morgan fingerprint density at radius 1 is 1.63 bits per heavy atom. The average molecular weight is 285 g/mol. The van der Waals surface area contributed by atoms with Gasteiger partial charge in [-0.25, -0.2) is 0 Å². The van der Waals surface area contributed by atoms with Gasteiger partial charge in [-0.3, -0.25) is 9.59 Å². The highest BCUT2D eigenvalue weighted by Crippen LogP contribution is 2.39. The molecule has 6 nitrogen and oxygen atoms in total. The lowest BCUT2D eigenvalue weighted by Crippen LogP contribution is -2.47. The highest BCUT2D eigenvalue weighted by Gasteiger charge is 2.42. The maximum atomic E-state index is 11.7. The lowest BCUT2D eigenvalue weighted by molar-refractivity contribution is -0.138. The molecule has 0 bridgehead atoms. The van der Waals surface area contributed by atoms with E-state index in [0.717, 1.165) is 12.8 Å². The quantitative estimate of drug-likeness (QED) is 0.553. The number of hydrogen-bond donors (Lipinski definition) is 3. The second-order valence-corrected chi connectivity index (χ2v) is 6.03. The van der Waals surface area contributed by atoms with Crippen LogP contribution in [0.25, 0.3) is 0 Å². The van der Waals surface area contributed by atoms with Gasteiger partial charge in [0.1, 0.15) is 11.6 Å². The summed E-state index contributed by atoms with van der Waals surface area (Å²) < 4.78 is 0. The summed E-state index contributed by atoms with van der Waals surface area (Å²) >= 11 is 1.33. The lowest BCUT2D eigenvalue weighted by atomic mass is 9.98. The number of nitrogens with two attached hydrogens (primary N) is 1. The van der Waals surface area contributed by atoms with Gasteiger partial charge in [-0.2, -0.15) is 17.0 Å². The fraction of sp³-hybridized carbons (Fsp3) is 0.750. The first kappa shape index (κ1) is 15.8. The summed E-state index contributed by atoms with van der Waals surface area (Å²) in [6, 6.07) is 1.27. The van der Waals surface area contributed by atoms with E-state index in [1.54, 1.807) is 6.92 Å². The van der Waals surface area contributed by atoms with E-state index in [9.17, 15) is 9.59 Å². The van der Waals surface area contributed by atoms with Crippen LogP contribution in [0.3, 0.4) is 0 Å². The first-order valence-corrected chi connectivity index (χ1v) is 7.33. The molecule has 2 atom stereocenters. The number of rotatable bonds is 8. The van der Waals surface area contributed by atoms with Gasteiger partial charge in [0.15, 0.2) is 0 Å². The average Bonchev–Trinajstić information content (AvgIpc) is 3.18. The molecule has 106 valence electrons. The van der Waals surface area contributed by atoms with Crippen LogP contribution in [0.2, 0.25) is 0 Å². The summed E-state index contributed by atoms with van der Waals surface area (Å²) in [7, 11) is 0. The van der Waals surface area contributed by atoms with Crippen molar-refractivity contribution in [3.05, 3.63) is 0 Å². The van der Waals surface area contributed by atoms with Gasteiger partial charge in [-0.15, -0.1) is 0 Å². The zero-order chi connectivity index (χ0) is 14.5. The molecule has 1 fully saturated rings. The Balaban J connectivity index is 2.21. The second-order valence-electron chi connectivity index (χ2n) is 4.92. The SMILES string of the molecule is CC(C#N)(NC(=O)CSCCC(N)C(=O)O)C1CC1. The Morgan fingerprint density at radius 2 is 2.26 bits per heavy atom. The van der Waals surface area contributed by atoms with Crippen LogP contribution in [0, 0.1) is 17.2 Å². The van der Waals surface area contributed by atoms with Crippen molar-refractivity contribution in [2.24, 2.45) is 11.7 Å². The minimum atomic E-state index is -1.03. The molecule has 0 spiro atoms. The van der Waals surface area contributed by atoms with Crippen LogP contribution in [0.1, 0.15) is 26.2 Å². The Hall–Kier alpha value is -1.26. The van der Waals surface area contributed by atoms with Crippen LogP contribution in [-0.4, -0.2) is 40.1 Å². The van der Waals surface area contributed by atoms with Crippen LogP contribution >= 0.6 is 11.8 Å². The van der Waals surface area contributed by atoms with E-state index in [1.165, 1.54) is 11.8 Å². The number of thioether (sulfide) groups is 1. The first-order chi connectivity index (χ1) is 8.89. The number of nitriles is 1. The number of amides is 1. The molecule has 1 rings (SSSR count). The summed E-state index contributed by atoms with van der Waals surface area (Å²) in [6.45, 7) is 1.74. The van der Waals surface area contributed by atoms with E-state index in [1.807, 2.05) is 0 Å². The maximum Gasteiger partial charge on any atom is 0.320 e. The normalized spacial score (nSPS) is 19.0. The molecular formula is C12H19N3O3S. The van der Waals surface area contributed by atoms with Gasteiger partial charge in [-0.05, 0) is 37.9 Å². The van der Waals surface area contributed by atoms with E-state index >= 15 is 0 Å². The van der Waals surface area contributed by atoms with E-state index in [2.05, 4.69) is 11.4 Å². The van der Waals surface area contributed by atoms with Crippen molar-refractivity contribution in [3.8, 4) is 6.07 Å². The molecule has 1 amide bonds. The highest BCUT2D eigenvalue weighted by atomic mass is 32.2. The van der Waals surface area contributed by atoms with Gasteiger partial charge in [0.05, 0.1) is 11.8 Å². The summed E-state index contributed by atoms with van der Waals surface area (Å²) in [5.41, 5.74) is 4.58. The summed E-state index contributed by atoms with van der Waals surface area (Å²) in [5, 5.41) is 20.4. The molecule has 4 N–H and O–H groups in total. The molecule has 0 radical (unpaired) electrons. The van der Waals surface area contributed by atoms with Crippen LogP contribution in [0.5, 0.6) is 0 Å². The molecule has 2 unspecified atom stereocenters. The van der Waals surface area contributed by atoms with E-state index in [-0.39, 0.29) is 17.6 Å². The van der Waals surface area contributed by atoms with Crippen molar-refractivity contribution in [2.45, 2.75) is 37.8 Å². The van der Waals surface area contributed by atoms with Crippen LogP contribution in [0.4, 0.5) is 0 Å². The Bertz CT molecular complexity index is 392. The molecule has 1 saturated carbocycles. The van der Waals surface area contributed by atoms with Crippen molar-refractivity contribution < 1.29 is 14.7 Å². The van der Waals surface area contributed by atoms with E-state index < -0.39 is 17.6 Å². The third-order valence-electron chi connectivity index (χ3n) is 3.15. The molecule has 0 heterocycles. The molecule has 0 aromatic carbocycles. The lowest BCUT2D eigenvalue weighted by Gasteiger charge is -2.22. The number of aliphatic carboxylic acids is 1. The fourth-order valence-electron chi connectivity index (χ4n) is 1.71. The standard InChI is InChI=1S/C12H19N3O3S/c1-12(7-13,8-2-3-8)15-10(16)6-19-5-4-9(14)11(17)18/h8-9H,2-6,14H2,1H3,(H,15,16)(H,17,18). The third-order valence-corrected chi connectivity index (χ3v) is 4.14. The Labute approximate surface area is 116 Å². The first-order valence-electron chi connectivity index (χ1n) is 6.17. The number of nitrogens with zero attached hydrogens (tertiary/aromatic N) is 1. The summed E-state index contributed by atoms with van der Waals surface area (Å²) in [6.07, 6.45) is 2.28. The Morgan fingerprint density at radius 3 is 2.74 bits per heavy atom. The van der Waals surface area contributed by atoms with Gasteiger partial charge in [-0.1, -0.05) is 0 Å². The number of carbonyl (C=O) groups is 2. The minimum Gasteiger partial charge on any atom is -0.480 e. The van der Waals surface area contributed by atoms with Crippen molar-refractivity contribution in [2.75, 3.05) is 11.5 Å². The third kappa shape index (κ3) is 5.09. The van der Waals surface area contributed by atoms with Crippen molar-refractivity contribution in [1.29, 1.82) is 5.26 Å². The van der Waals surface area contributed by atoms with Crippen LogP contribution in [-0.2, 0) is 9.59 Å². The topological polar surface area (TPSA) is 116 Å². The fourth-order valence-corrected chi connectivity index (χ4v) is 2.53. The molecule has 0 aromatic heterocycles. The molecule has 1 aliphatic carbocycles. The van der Waals surface area contributed by atoms with Gasteiger partial charge in [0.2, 0.25) is 5.91 Å². The number of carboxylic acid groups (broad SMARTS) is 1. The molecular weight excluding hydrogens is 266 g/mol. The predicted octanol–water partition coefficient (Wildman–Crippen LogP) is 0.330. The van der Waals surface area contributed by atoms with Crippen molar-refractivity contribution >= 4 is 23.6 Å². The predicted molar refractivity (Wildman–Crippen MR) is 72.4 cm³/mol. The number of carbonyl (C=O) groups excluding carboxylic acids is 1. The van der Waals surface area contributed by atoms with Gasteiger partial charge in [0, 0.05) is 0 Å². The van der Waals surface area contributed by atoms with E-state index in [0.29, 0.717) is 12.2 Å². The number of nitrogens with one attached hydrogen (secondary N) is 1. The number of hydrogen-bond acceptors (Lipinski definition) is 5. The van der Waals surface area contributed by atoms with Gasteiger partial charge < -0.3 is 16.2 Å². The highest BCUT2D eigenvalue weighted by molar-refractivity contribution is 7.99. The van der Waals surface area contributed by atoms with Crippen LogP contribution < -0.4 is 11.1 Å². The summed E-state index contributed by atoms with van der Waals surface area (Å²) in [4.78, 5) is 22.2. The van der Waals surface area contributed by atoms with Crippen LogP contribution in [0.15, 0.2) is 0 Å². The van der Waals surface area contributed by atoms with Crippen molar-refractivity contribution in [3.63, 3.8) is 0 Å². The minimum absolute atomic E-state index is 0.190. The largest absolute Gasteiger partial charge is 0.480 e. The monoisotopic (exact) mass is 285 g/mol.